The third-order valence-electron chi connectivity index (χ3n) is 3.55. The average molecular weight is 249 g/mol. The van der Waals surface area contributed by atoms with Gasteiger partial charge in [0.1, 0.15) is 0 Å². The second kappa shape index (κ2) is 3.71. The molecular formula is C15H17ClO. The monoisotopic (exact) mass is 248 g/mol. The zero-order valence-electron chi connectivity index (χ0n) is 10.7. The van der Waals surface area contributed by atoms with Gasteiger partial charge in [-0.25, -0.2) is 0 Å². The van der Waals surface area contributed by atoms with Crippen molar-refractivity contribution in [3.8, 4) is 0 Å². The lowest BCUT2D eigenvalue weighted by Gasteiger charge is -2.36. The van der Waals surface area contributed by atoms with E-state index in [-0.39, 0.29) is 10.8 Å². The van der Waals surface area contributed by atoms with Gasteiger partial charge in [0.25, 0.3) is 5.24 Å². The summed E-state index contributed by atoms with van der Waals surface area (Å²) < 4.78 is 0. The summed E-state index contributed by atoms with van der Waals surface area (Å²) in [6.07, 6.45) is 4.44. The van der Waals surface area contributed by atoms with E-state index in [1.54, 1.807) is 0 Å². The third-order valence-corrected chi connectivity index (χ3v) is 3.77. The van der Waals surface area contributed by atoms with Crippen molar-refractivity contribution in [2.45, 2.75) is 38.5 Å². The molecule has 0 amide bonds. The molecule has 0 heterocycles. The molecule has 0 saturated heterocycles. The Morgan fingerprint density at radius 3 is 2.06 bits per heavy atom. The van der Waals surface area contributed by atoms with Crippen molar-refractivity contribution in [1.82, 2.24) is 0 Å². The van der Waals surface area contributed by atoms with E-state index in [1.807, 2.05) is 18.2 Å². The fourth-order valence-electron chi connectivity index (χ4n) is 2.36. The van der Waals surface area contributed by atoms with Crippen LogP contribution in [0.2, 0.25) is 0 Å². The summed E-state index contributed by atoms with van der Waals surface area (Å²) in [4.78, 5) is 11.3. The highest BCUT2D eigenvalue weighted by atomic mass is 35.5. The Hall–Kier alpha value is -1.08. The first-order valence-corrected chi connectivity index (χ1v) is 6.17. The van der Waals surface area contributed by atoms with E-state index in [1.165, 1.54) is 11.1 Å². The maximum absolute atomic E-state index is 11.3. The molecule has 0 spiro atoms. The molecule has 1 aromatic rings. The van der Waals surface area contributed by atoms with Crippen molar-refractivity contribution < 1.29 is 4.79 Å². The van der Waals surface area contributed by atoms with Gasteiger partial charge in [-0.15, -0.1) is 0 Å². The molecule has 1 aliphatic carbocycles. The van der Waals surface area contributed by atoms with Crippen LogP contribution >= 0.6 is 11.6 Å². The number of carbonyl (C=O) groups is 1. The van der Waals surface area contributed by atoms with Crippen LogP contribution in [0.5, 0.6) is 0 Å². The number of hydrogen-bond acceptors (Lipinski definition) is 1. The smallest absolute Gasteiger partial charge is 0.252 e. The van der Waals surface area contributed by atoms with E-state index < -0.39 is 5.24 Å². The van der Waals surface area contributed by atoms with Crippen LogP contribution < -0.4 is 0 Å². The zero-order chi connectivity index (χ0) is 12.8. The summed E-state index contributed by atoms with van der Waals surface area (Å²) in [5, 5.41) is -0.393. The summed E-state index contributed by atoms with van der Waals surface area (Å²) in [7, 11) is 0. The van der Waals surface area contributed by atoms with Crippen LogP contribution in [-0.2, 0) is 10.8 Å². The number of hydrogen-bond donors (Lipinski definition) is 0. The summed E-state index contributed by atoms with van der Waals surface area (Å²) >= 11 is 5.55. The lowest BCUT2D eigenvalue weighted by Crippen LogP contribution is -2.29. The summed E-state index contributed by atoms with van der Waals surface area (Å²) in [6, 6.07) is 5.76. The molecule has 0 aromatic heterocycles. The summed E-state index contributed by atoms with van der Waals surface area (Å²) in [5.74, 6) is 0. The Morgan fingerprint density at radius 2 is 1.53 bits per heavy atom. The van der Waals surface area contributed by atoms with E-state index in [0.29, 0.717) is 5.56 Å². The van der Waals surface area contributed by atoms with Crippen molar-refractivity contribution in [1.29, 1.82) is 0 Å². The molecule has 2 heteroatoms. The number of halogens is 1. The number of rotatable bonds is 1. The molecule has 2 rings (SSSR count). The van der Waals surface area contributed by atoms with Crippen molar-refractivity contribution in [2.75, 3.05) is 0 Å². The first-order valence-electron chi connectivity index (χ1n) is 5.79. The fourth-order valence-corrected chi connectivity index (χ4v) is 2.48. The lowest BCUT2D eigenvalue weighted by atomic mass is 9.68. The first-order chi connectivity index (χ1) is 7.74. The number of benzene rings is 1. The zero-order valence-corrected chi connectivity index (χ0v) is 11.4. The topological polar surface area (TPSA) is 17.1 Å². The molecule has 0 N–H and O–H groups in total. The Morgan fingerprint density at radius 1 is 1.00 bits per heavy atom. The highest BCUT2D eigenvalue weighted by Gasteiger charge is 2.32. The van der Waals surface area contributed by atoms with Gasteiger partial charge in [0, 0.05) is 16.4 Å². The van der Waals surface area contributed by atoms with Gasteiger partial charge in [-0.1, -0.05) is 45.9 Å². The van der Waals surface area contributed by atoms with E-state index in [2.05, 4.69) is 39.8 Å². The van der Waals surface area contributed by atoms with Gasteiger partial charge in [0.2, 0.25) is 0 Å². The second-order valence-corrected chi connectivity index (χ2v) is 6.15. The molecule has 0 atom stereocenters. The minimum absolute atomic E-state index is 0.0126. The average Bonchev–Trinajstić information content (AvgIpc) is 2.24. The Labute approximate surface area is 107 Å². The minimum atomic E-state index is -0.393. The molecule has 0 fully saturated rings. The summed E-state index contributed by atoms with van der Waals surface area (Å²) in [5.41, 5.74) is 3.00. The van der Waals surface area contributed by atoms with E-state index in [9.17, 15) is 4.79 Å². The van der Waals surface area contributed by atoms with Crippen LogP contribution in [0, 0.1) is 0 Å². The Balaban J connectivity index is 2.68. The van der Waals surface area contributed by atoms with Gasteiger partial charge in [-0.3, -0.25) is 4.79 Å². The molecule has 1 aliphatic rings. The molecule has 0 unspecified atom stereocenters. The number of fused-ring (bicyclic) bond motifs is 1. The van der Waals surface area contributed by atoms with Crippen LogP contribution in [0.1, 0.15) is 49.2 Å². The lowest BCUT2D eigenvalue weighted by molar-refractivity contribution is 0.108. The fraction of sp³-hybridized carbons (Fsp3) is 0.400. The molecular weight excluding hydrogens is 232 g/mol. The van der Waals surface area contributed by atoms with Crippen LogP contribution in [-0.4, -0.2) is 5.24 Å². The normalized spacial score (nSPS) is 19.8. The van der Waals surface area contributed by atoms with E-state index in [0.717, 1.165) is 0 Å². The molecule has 1 nitrogen and oxygen atoms in total. The minimum Gasteiger partial charge on any atom is -0.276 e. The molecule has 0 aliphatic heterocycles. The number of allylic oxidation sites excluding steroid dienone is 2. The van der Waals surface area contributed by atoms with Gasteiger partial charge in [0.15, 0.2) is 0 Å². The van der Waals surface area contributed by atoms with Crippen LogP contribution in [0.25, 0.3) is 0 Å². The largest absolute Gasteiger partial charge is 0.276 e. The van der Waals surface area contributed by atoms with Gasteiger partial charge >= 0.3 is 0 Å². The first kappa shape index (κ1) is 12.4. The predicted octanol–water partition coefficient (Wildman–Crippen LogP) is 4.19. The van der Waals surface area contributed by atoms with E-state index >= 15 is 0 Å². The predicted molar refractivity (Wildman–Crippen MR) is 71.8 cm³/mol. The molecule has 0 saturated carbocycles. The van der Waals surface area contributed by atoms with Gasteiger partial charge in [0.05, 0.1) is 0 Å². The van der Waals surface area contributed by atoms with Crippen molar-refractivity contribution in [2.24, 2.45) is 0 Å². The Bertz CT molecular complexity index is 510. The summed E-state index contributed by atoms with van der Waals surface area (Å²) in [6.45, 7) is 8.67. The van der Waals surface area contributed by atoms with Gasteiger partial charge < -0.3 is 0 Å². The number of carbonyl (C=O) groups excluding carboxylic acids is 1. The molecule has 0 radical (unpaired) electrons. The van der Waals surface area contributed by atoms with E-state index in [4.69, 9.17) is 11.6 Å². The van der Waals surface area contributed by atoms with Crippen molar-refractivity contribution in [3.63, 3.8) is 0 Å². The van der Waals surface area contributed by atoms with Crippen molar-refractivity contribution >= 4 is 16.8 Å². The quantitative estimate of drug-likeness (QED) is 0.538. The highest BCUT2D eigenvalue weighted by molar-refractivity contribution is 6.67. The van der Waals surface area contributed by atoms with Gasteiger partial charge in [-0.2, -0.15) is 0 Å². The van der Waals surface area contributed by atoms with Crippen LogP contribution in [0.3, 0.4) is 0 Å². The molecule has 90 valence electrons. The van der Waals surface area contributed by atoms with Crippen LogP contribution in [0.4, 0.5) is 0 Å². The second-order valence-electron chi connectivity index (χ2n) is 5.81. The molecule has 17 heavy (non-hydrogen) atoms. The Kier molecular flexibility index (Phi) is 2.70. The molecule has 1 aromatic carbocycles. The maximum atomic E-state index is 11.3. The highest BCUT2D eigenvalue weighted by Crippen LogP contribution is 2.41. The SMILES string of the molecule is CC1(C)C=CC(C)(C)c2cc(C(=O)Cl)ccc21. The molecule has 0 bridgehead atoms. The standard InChI is InChI=1S/C15H17ClO/c1-14(2)7-8-15(3,4)12-9-10(13(16)17)5-6-11(12)14/h5-9H,1-4H3. The van der Waals surface area contributed by atoms with Crippen LogP contribution in [0.15, 0.2) is 30.4 Å². The third kappa shape index (κ3) is 2.04. The van der Waals surface area contributed by atoms with Crippen molar-refractivity contribution in [3.05, 3.63) is 47.0 Å². The maximum Gasteiger partial charge on any atom is 0.252 e. The van der Waals surface area contributed by atoms with Gasteiger partial charge in [-0.05, 0) is 34.9 Å².